The van der Waals surface area contributed by atoms with E-state index < -0.39 is 0 Å². The van der Waals surface area contributed by atoms with E-state index in [0.717, 1.165) is 35.2 Å². The molecule has 3 rings (SSSR count). The Balaban J connectivity index is 1.46. The molecule has 2 aromatic carbocycles. The SMILES string of the molecule is CC(=O)Nc1ccc(NCC(=O)N2CCN(c3cccc(Cl)c3)CC2)cc1. The molecule has 2 amide bonds. The molecule has 1 heterocycles. The molecule has 0 aliphatic carbocycles. The number of amides is 2. The van der Waals surface area contributed by atoms with E-state index in [0.29, 0.717) is 13.1 Å². The number of nitrogens with one attached hydrogen (secondary N) is 2. The molecule has 0 bridgehead atoms. The molecular formula is C20H23ClN4O2. The third-order valence-electron chi connectivity index (χ3n) is 4.45. The van der Waals surface area contributed by atoms with Crippen molar-refractivity contribution >= 4 is 40.5 Å². The lowest BCUT2D eigenvalue weighted by molar-refractivity contribution is -0.129. The van der Waals surface area contributed by atoms with E-state index in [4.69, 9.17) is 11.6 Å². The first kappa shape index (κ1) is 19.0. The van der Waals surface area contributed by atoms with Gasteiger partial charge in [-0.3, -0.25) is 9.59 Å². The first-order valence-electron chi connectivity index (χ1n) is 8.91. The number of hydrogen-bond donors (Lipinski definition) is 2. The monoisotopic (exact) mass is 386 g/mol. The third-order valence-corrected chi connectivity index (χ3v) is 4.69. The van der Waals surface area contributed by atoms with Crippen molar-refractivity contribution in [3.63, 3.8) is 0 Å². The minimum absolute atomic E-state index is 0.0756. The van der Waals surface area contributed by atoms with Crippen LogP contribution in [0.4, 0.5) is 17.1 Å². The van der Waals surface area contributed by atoms with E-state index in [-0.39, 0.29) is 18.4 Å². The molecule has 2 aromatic rings. The zero-order valence-corrected chi connectivity index (χ0v) is 16.0. The molecule has 0 aromatic heterocycles. The van der Waals surface area contributed by atoms with Gasteiger partial charge >= 0.3 is 0 Å². The highest BCUT2D eigenvalue weighted by Crippen LogP contribution is 2.21. The summed E-state index contributed by atoms with van der Waals surface area (Å²) in [5.74, 6) is -0.0329. The van der Waals surface area contributed by atoms with Crippen LogP contribution >= 0.6 is 11.6 Å². The van der Waals surface area contributed by atoms with Gasteiger partial charge in [0.15, 0.2) is 0 Å². The Bertz CT molecular complexity index is 802. The van der Waals surface area contributed by atoms with Crippen LogP contribution in [0.5, 0.6) is 0 Å². The molecule has 142 valence electrons. The molecule has 2 N–H and O–H groups in total. The lowest BCUT2D eigenvalue weighted by Gasteiger charge is -2.36. The van der Waals surface area contributed by atoms with Gasteiger partial charge in [-0.1, -0.05) is 17.7 Å². The molecule has 1 aliphatic rings. The van der Waals surface area contributed by atoms with Gasteiger partial charge in [-0.15, -0.1) is 0 Å². The Labute approximate surface area is 164 Å². The molecular weight excluding hydrogens is 364 g/mol. The number of piperazine rings is 1. The second-order valence-electron chi connectivity index (χ2n) is 6.46. The van der Waals surface area contributed by atoms with Crippen molar-refractivity contribution in [2.24, 2.45) is 0 Å². The largest absolute Gasteiger partial charge is 0.376 e. The molecule has 1 fully saturated rings. The first-order valence-corrected chi connectivity index (χ1v) is 9.29. The molecule has 0 atom stereocenters. The maximum atomic E-state index is 12.4. The highest BCUT2D eigenvalue weighted by molar-refractivity contribution is 6.30. The van der Waals surface area contributed by atoms with E-state index in [1.165, 1.54) is 6.92 Å². The molecule has 0 unspecified atom stereocenters. The van der Waals surface area contributed by atoms with E-state index in [1.54, 1.807) is 12.1 Å². The topological polar surface area (TPSA) is 64.7 Å². The van der Waals surface area contributed by atoms with Gasteiger partial charge < -0.3 is 20.4 Å². The van der Waals surface area contributed by atoms with Crippen molar-refractivity contribution < 1.29 is 9.59 Å². The Morgan fingerprint density at radius 1 is 1.00 bits per heavy atom. The zero-order valence-electron chi connectivity index (χ0n) is 15.2. The van der Waals surface area contributed by atoms with Gasteiger partial charge in [0.05, 0.1) is 6.54 Å². The Morgan fingerprint density at radius 2 is 1.67 bits per heavy atom. The van der Waals surface area contributed by atoms with E-state index in [1.807, 2.05) is 41.3 Å². The summed E-state index contributed by atoms with van der Waals surface area (Å²) in [6.07, 6.45) is 0. The van der Waals surface area contributed by atoms with Gasteiger partial charge in [0.1, 0.15) is 0 Å². The predicted molar refractivity (Wildman–Crippen MR) is 109 cm³/mol. The standard InChI is InChI=1S/C20H23ClN4O2/c1-15(26)23-18-7-5-17(6-8-18)22-14-20(27)25-11-9-24(10-12-25)19-4-2-3-16(21)13-19/h2-8,13,22H,9-12,14H2,1H3,(H,23,26). The van der Waals surface area contributed by atoms with Crippen molar-refractivity contribution in [2.75, 3.05) is 48.3 Å². The van der Waals surface area contributed by atoms with Gasteiger partial charge in [-0.25, -0.2) is 0 Å². The van der Waals surface area contributed by atoms with Crippen LogP contribution < -0.4 is 15.5 Å². The Morgan fingerprint density at radius 3 is 2.30 bits per heavy atom. The van der Waals surface area contributed by atoms with Gasteiger partial charge in [0.25, 0.3) is 0 Å². The first-order chi connectivity index (χ1) is 13.0. The average Bonchev–Trinajstić information content (AvgIpc) is 2.67. The molecule has 6 nitrogen and oxygen atoms in total. The lowest BCUT2D eigenvalue weighted by atomic mass is 10.2. The summed E-state index contributed by atoms with van der Waals surface area (Å²) >= 11 is 6.06. The number of benzene rings is 2. The number of anilines is 3. The third kappa shape index (κ3) is 5.37. The predicted octanol–water partition coefficient (Wildman–Crippen LogP) is 3.06. The fourth-order valence-electron chi connectivity index (χ4n) is 3.05. The highest BCUT2D eigenvalue weighted by Gasteiger charge is 2.21. The van der Waals surface area contributed by atoms with Gasteiger partial charge in [0.2, 0.25) is 11.8 Å². The normalized spacial score (nSPS) is 14.0. The second kappa shape index (κ2) is 8.77. The van der Waals surface area contributed by atoms with Crippen LogP contribution in [0.15, 0.2) is 48.5 Å². The van der Waals surface area contributed by atoms with Crippen LogP contribution in [-0.4, -0.2) is 49.4 Å². The van der Waals surface area contributed by atoms with E-state index in [9.17, 15) is 9.59 Å². The number of rotatable bonds is 5. The van der Waals surface area contributed by atoms with Crippen molar-refractivity contribution in [2.45, 2.75) is 6.92 Å². The molecule has 0 radical (unpaired) electrons. The summed E-state index contributed by atoms with van der Waals surface area (Å²) in [7, 11) is 0. The van der Waals surface area contributed by atoms with Gasteiger partial charge in [-0.05, 0) is 42.5 Å². The van der Waals surface area contributed by atoms with Crippen molar-refractivity contribution in [3.8, 4) is 0 Å². The average molecular weight is 387 g/mol. The lowest BCUT2D eigenvalue weighted by Crippen LogP contribution is -2.50. The summed E-state index contributed by atoms with van der Waals surface area (Å²) < 4.78 is 0. The quantitative estimate of drug-likeness (QED) is 0.828. The summed E-state index contributed by atoms with van der Waals surface area (Å²) in [6, 6.07) is 15.1. The maximum Gasteiger partial charge on any atom is 0.241 e. The van der Waals surface area contributed by atoms with E-state index in [2.05, 4.69) is 15.5 Å². The fourth-order valence-corrected chi connectivity index (χ4v) is 3.24. The number of nitrogens with zero attached hydrogens (tertiary/aromatic N) is 2. The van der Waals surface area contributed by atoms with Crippen LogP contribution in [0, 0.1) is 0 Å². The Kier molecular flexibility index (Phi) is 6.19. The minimum Gasteiger partial charge on any atom is -0.376 e. The van der Waals surface area contributed by atoms with Crippen molar-refractivity contribution in [3.05, 3.63) is 53.6 Å². The molecule has 27 heavy (non-hydrogen) atoms. The molecule has 1 aliphatic heterocycles. The van der Waals surface area contributed by atoms with Gasteiger partial charge in [0, 0.05) is 55.2 Å². The van der Waals surface area contributed by atoms with Crippen LogP contribution in [-0.2, 0) is 9.59 Å². The van der Waals surface area contributed by atoms with Gasteiger partial charge in [-0.2, -0.15) is 0 Å². The number of hydrogen-bond acceptors (Lipinski definition) is 4. The van der Waals surface area contributed by atoms with Crippen molar-refractivity contribution in [1.82, 2.24) is 4.90 Å². The van der Waals surface area contributed by atoms with Crippen LogP contribution in [0.2, 0.25) is 5.02 Å². The smallest absolute Gasteiger partial charge is 0.241 e. The molecule has 7 heteroatoms. The summed E-state index contributed by atoms with van der Waals surface area (Å²) in [6.45, 7) is 4.67. The second-order valence-corrected chi connectivity index (χ2v) is 6.90. The zero-order chi connectivity index (χ0) is 19.2. The number of carbonyl (C=O) groups excluding carboxylic acids is 2. The summed E-state index contributed by atoms with van der Waals surface area (Å²) in [5.41, 5.74) is 2.67. The maximum absolute atomic E-state index is 12.4. The van der Waals surface area contributed by atoms with Crippen LogP contribution in [0.1, 0.15) is 6.92 Å². The summed E-state index contributed by atoms with van der Waals surface area (Å²) in [5, 5.41) is 6.57. The molecule has 0 saturated carbocycles. The number of carbonyl (C=O) groups is 2. The Hall–Kier alpha value is -2.73. The molecule has 0 spiro atoms. The van der Waals surface area contributed by atoms with Crippen LogP contribution in [0.3, 0.4) is 0 Å². The van der Waals surface area contributed by atoms with Crippen LogP contribution in [0.25, 0.3) is 0 Å². The fraction of sp³-hybridized carbons (Fsp3) is 0.300. The minimum atomic E-state index is -0.109. The van der Waals surface area contributed by atoms with Crippen molar-refractivity contribution in [1.29, 1.82) is 0 Å². The highest BCUT2D eigenvalue weighted by atomic mass is 35.5. The summed E-state index contributed by atoms with van der Waals surface area (Å²) in [4.78, 5) is 27.6. The molecule has 1 saturated heterocycles. The van der Waals surface area contributed by atoms with E-state index >= 15 is 0 Å². The number of halogens is 1.